The van der Waals surface area contributed by atoms with Crippen molar-refractivity contribution in [3.8, 4) is 11.5 Å². The summed E-state index contributed by atoms with van der Waals surface area (Å²) in [4.78, 5) is 42.0. The number of benzene rings is 2. The number of carbonyl (C=O) groups excluding carboxylic acids is 3. The average molecular weight is 535 g/mol. The van der Waals surface area contributed by atoms with Crippen molar-refractivity contribution in [3.63, 3.8) is 0 Å². The Morgan fingerprint density at radius 1 is 0.846 bits per heavy atom. The first kappa shape index (κ1) is 29.2. The third-order valence-corrected chi connectivity index (χ3v) is 5.97. The number of rotatable bonds is 12. The van der Waals surface area contributed by atoms with Crippen molar-refractivity contribution in [2.75, 3.05) is 13.9 Å². The predicted molar refractivity (Wildman–Crippen MR) is 144 cm³/mol. The molecule has 0 spiro atoms. The Bertz CT molecular complexity index is 1210. The molecule has 1 unspecified atom stereocenters. The quantitative estimate of drug-likeness (QED) is 0.267. The molecule has 0 aliphatic heterocycles. The molecule has 1 amide bonds. The minimum atomic E-state index is -0.994. The first-order chi connectivity index (χ1) is 18.7. The summed E-state index contributed by atoms with van der Waals surface area (Å²) in [6.07, 6.45) is 0.849. The van der Waals surface area contributed by atoms with Crippen LogP contribution in [0.3, 0.4) is 0 Å². The lowest BCUT2D eigenvalue weighted by molar-refractivity contribution is -0.154. The van der Waals surface area contributed by atoms with E-state index in [9.17, 15) is 14.4 Å². The first-order valence-electron chi connectivity index (χ1n) is 12.7. The number of carbonyl (C=O) groups is 3. The van der Waals surface area contributed by atoms with E-state index in [0.29, 0.717) is 0 Å². The Kier molecular flexibility index (Phi) is 10.4. The highest BCUT2D eigenvalue weighted by Crippen LogP contribution is 2.31. The van der Waals surface area contributed by atoms with E-state index in [1.807, 2.05) is 67.6 Å². The fourth-order valence-corrected chi connectivity index (χ4v) is 3.94. The maximum absolute atomic E-state index is 13.1. The van der Waals surface area contributed by atoms with Gasteiger partial charge in [-0.15, -0.1) is 0 Å². The molecule has 3 aromatic rings. The van der Waals surface area contributed by atoms with E-state index in [2.05, 4.69) is 10.3 Å². The molecule has 9 heteroatoms. The maximum Gasteiger partial charge on any atom is 0.328 e. The molecule has 1 heterocycles. The number of nitrogens with zero attached hydrogens (tertiary/aromatic N) is 1. The van der Waals surface area contributed by atoms with Crippen LogP contribution in [0.5, 0.6) is 11.5 Å². The number of esters is 2. The summed E-state index contributed by atoms with van der Waals surface area (Å²) in [6.45, 7) is 6.29. The van der Waals surface area contributed by atoms with Crippen LogP contribution in [0, 0.1) is 5.92 Å². The Hall–Kier alpha value is -4.40. The van der Waals surface area contributed by atoms with E-state index >= 15 is 0 Å². The zero-order valence-electron chi connectivity index (χ0n) is 22.7. The van der Waals surface area contributed by atoms with Gasteiger partial charge in [0.05, 0.1) is 13.0 Å². The van der Waals surface area contributed by atoms with Gasteiger partial charge in [0.15, 0.2) is 17.2 Å². The van der Waals surface area contributed by atoms with E-state index in [0.717, 1.165) is 11.1 Å². The van der Waals surface area contributed by atoms with Gasteiger partial charge >= 0.3 is 11.9 Å². The standard InChI is InChI=1S/C30H34N2O7/c1-19(2)29(34)38-18-37-27-24(36-5)16-17-31-26(27)28(33)32-20(3)30(35)39-21(4)25(22-12-8-6-9-13-22)23-14-10-7-11-15-23/h6-17,19-21,25H,18H2,1-5H3,(H,32,33)/t20?,21-/m0/s1. The Labute approximate surface area is 228 Å². The van der Waals surface area contributed by atoms with E-state index < -0.39 is 36.8 Å². The van der Waals surface area contributed by atoms with Crippen molar-refractivity contribution in [2.45, 2.75) is 45.8 Å². The molecule has 0 saturated heterocycles. The van der Waals surface area contributed by atoms with Crippen molar-refractivity contribution in [1.82, 2.24) is 10.3 Å². The fraction of sp³-hybridized carbons (Fsp3) is 0.333. The van der Waals surface area contributed by atoms with Crippen LogP contribution >= 0.6 is 0 Å². The van der Waals surface area contributed by atoms with Crippen LogP contribution < -0.4 is 14.8 Å². The molecule has 2 aromatic carbocycles. The van der Waals surface area contributed by atoms with Gasteiger partial charge < -0.3 is 24.3 Å². The Morgan fingerprint density at radius 3 is 1.97 bits per heavy atom. The monoisotopic (exact) mass is 534 g/mol. The molecule has 0 aliphatic rings. The number of methoxy groups -OCH3 is 1. The molecule has 39 heavy (non-hydrogen) atoms. The third kappa shape index (κ3) is 7.80. The number of aromatic nitrogens is 1. The van der Waals surface area contributed by atoms with E-state index in [1.54, 1.807) is 13.8 Å². The lowest BCUT2D eigenvalue weighted by atomic mass is 9.87. The molecule has 0 bridgehead atoms. The van der Waals surface area contributed by atoms with Crippen LogP contribution in [0.4, 0.5) is 0 Å². The number of pyridine rings is 1. The zero-order valence-corrected chi connectivity index (χ0v) is 22.7. The molecule has 2 atom stereocenters. The van der Waals surface area contributed by atoms with Gasteiger partial charge in [0, 0.05) is 18.2 Å². The van der Waals surface area contributed by atoms with Gasteiger partial charge in [0.2, 0.25) is 6.79 Å². The van der Waals surface area contributed by atoms with E-state index in [-0.39, 0.29) is 29.0 Å². The van der Waals surface area contributed by atoms with Gasteiger partial charge in [-0.3, -0.25) is 9.59 Å². The summed E-state index contributed by atoms with van der Waals surface area (Å²) in [5, 5.41) is 2.61. The van der Waals surface area contributed by atoms with Gasteiger partial charge in [0.1, 0.15) is 12.1 Å². The second kappa shape index (κ2) is 13.9. The van der Waals surface area contributed by atoms with Crippen molar-refractivity contribution in [1.29, 1.82) is 0 Å². The number of amides is 1. The zero-order chi connectivity index (χ0) is 28.4. The van der Waals surface area contributed by atoms with Gasteiger partial charge in [-0.05, 0) is 25.0 Å². The first-order valence-corrected chi connectivity index (χ1v) is 12.7. The molecule has 0 radical (unpaired) electrons. The molecular weight excluding hydrogens is 500 g/mol. The number of hydrogen-bond donors (Lipinski definition) is 1. The lowest BCUT2D eigenvalue weighted by Crippen LogP contribution is -2.41. The highest BCUT2D eigenvalue weighted by molar-refractivity contribution is 5.98. The summed E-state index contributed by atoms with van der Waals surface area (Å²) in [6, 6.07) is 20.1. The van der Waals surface area contributed by atoms with Crippen molar-refractivity contribution < 1.29 is 33.3 Å². The summed E-state index contributed by atoms with van der Waals surface area (Å²) in [5.74, 6) is -2.09. The van der Waals surface area contributed by atoms with Crippen LogP contribution in [0.15, 0.2) is 72.9 Å². The van der Waals surface area contributed by atoms with E-state index in [4.69, 9.17) is 18.9 Å². The molecule has 9 nitrogen and oxygen atoms in total. The highest BCUT2D eigenvalue weighted by atomic mass is 16.7. The SMILES string of the molecule is COc1ccnc(C(=O)NC(C)C(=O)O[C@@H](C)C(c2ccccc2)c2ccccc2)c1OCOC(=O)C(C)C. The molecule has 0 aliphatic carbocycles. The number of nitrogens with one attached hydrogen (secondary N) is 1. The minimum absolute atomic E-state index is 0.0174. The van der Waals surface area contributed by atoms with Crippen LogP contribution in [0.1, 0.15) is 55.2 Å². The Morgan fingerprint density at radius 2 is 1.44 bits per heavy atom. The minimum Gasteiger partial charge on any atom is -0.493 e. The molecular formula is C30H34N2O7. The largest absolute Gasteiger partial charge is 0.493 e. The highest BCUT2D eigenvalue weighted by Gasteiger charge is 2.29. The maximum atomic E-state index is 13.1. The van der Waals surface area contributed by atoms with Gasteiger partial charge in [-0.1, -0.05) is 74.5 Å². The smallest absolute Gasteiger partial charge is 0.328 e. The lowest BCUT2D eigenvalue weighted by Gasteiger charge is -2.26. The van der Waals surface area contributed by atoms with Crippen molar-refractivity contribution >= 4 is 17.8 Å². The number of ether oxygens (including phenoxy) is 4. The normalized spacial score (nSPS) is 12.4. The summed E-state index contributed by atoms with van der Waals surface area (Å²) in [7, 11) is 1.40. The van der Waals surface area contributed by atoms with Crippen LogP contribution in [0.2, 0.25) is 0 Å². The van der Waals surface area contributed by atoms with Gasteiger partial charge in [0.25, 0.3) is 5.91 Å². The van der Waals surface area contributed by atoms with Crippen LogP contribution in [-0.2, 0) is 19.1 Å². The Balaban J connectivity index is 1.71. The fourth-order valence-electron chi connectivity index (χ4n) is 3.94. The van der Waals surface area contributed by atoms with Gasteiger partial charge in [-0.25, -0.2) is 9.78 Å². The predicted octanol–water partition coefficient (Wildman–Crippen LogP) is 4.51. The average Bonchev–Trinajstić information content (AvgIpc) is 2.94. The molecule has 206 valence electrons. The third-order valence-electron chi connectivity index (χ3n) is 5.97. The van der Waals surface area contributed by atoms with Crippen molar-refractivity contribution in [2.24, 2.45) is 5.92 Å². The number of hydrogen-bond acceptors (Lipinski definition) is 8. The van der Waals surface area contributed by atoms with Crippen molar-refractivity contribution in [3.05, 3.63) is 89.7 Å². The van der Waals surface area contributed by atoms with E-state index in [1.165, 1.54) is 26.3 Å². The molecule has 1 aromatic heterocycles. The van der Waals surface area contributed by atoms with Crippen LogP contribution in [0.25, 0.3) is 0 Å². The molecule has 1 N–H and O–H groups in total. The summed E-state index contributed by atoms with van der Waals surface area (Å²) < 4.78 is 21.7. The molecule has 3 rings (SSSR count). The molecule has 0 saturated carbocycles. The summed E-state index contributed by atoms with van der Waals surface area (Å²) >= 11 is 0. The van der Waals surface area contributed by atoms with Gasteiger partial charge in [-0.2, -0.15) is 0 Å². The second-order valence-corrected chi connectivity index (χ2v) is 9.21. The van der Waals surface area contributed by atoms with Crippen LogP contribution in [-0.4, -0.2) is 48.9 Å². The second-order valence-electron chi connectivity index (χ2n) is 9.21. The molecule has 0 fully saturated rings. The topological polar surface area (TPSA) is 113 Å². The summed E-state index contributed by atoms with van der Waals surface area (Å²) in [5.41, 5.74) is 1.87.